The Labute approximate surface area is 147 Å². The van der Waals surface area contributed by atoms with Crippen molar-refractivity contribution in [2.24, 2.45) is 10.6 Å². The Hall–Kier alpha value is -2.46. The van der Waals surface area contributed by atoms with Crippen molar-refractivity contribution >= 4 is 16.7 Å². The lowest BCUT2D eigenvalue weighted by atomic mass is 9.97. The first-order valence-electron chi connectivity index (χ1n) is 8.57. The van der Waals surface area contributed by atoms with Gasteiger partial charge in [0.05, 0.1) is 5.71 Å². The summed E-state index contributed by atoms with van der Waals surface area (Å²) in [7, 11) is 0. The summed E-state index contributed by atoms with van der Waals surface area (Å²) >= 11 is 0. The number of oxime groups is 1. The van der Waals surface area contributed by atoms with E-state index in [4.69, 9.17) is 10.5 Å². The summed E-state index contributed by atoms with van der Waals surface area (Å²) in [6, 6.07) is 4.15. The first-order chi connectivity index (χ1) is 11.9. The van der Waals surface area contributed by atoms with Crippen LogP contribution in [0, 0.1) is 16.7 Å². The lowest BCUT2D eigenvalue weighted by Crippen LogP contribution is -2.34. The molecular formula is C18H24N6O. The number of piperidine rings is 1. The molecule has 1 aliphatic rings. The molecule has 1 aliphatic heterocycles. The van der Waals surface area contributed by atoms with Crippen LogP contribution in [0.4, 0.5) is 0 Å². The number of likely N-dealkylation sites (tertiary alicyclic amines) is 1. The molecule has 2 aromatic rings. The molecule has 7 heteroatoms. The minimum Gasteiger partial charge on any atom is -0.411 e. The van der Waals surface area contributed by atoms with Crippen LogP contribution in [0.25, 0.3) is 11.0 Å². The highest BCUT2D eigenvalue weighted by molar-refractivity contribution is 5.84. The summed E-state index contributed by atoms with van der Waals surface area (Å²) < 4.78 is 2.22. The molecule has 3 heterocycles. The van der Waals surface area contributed by atoms with E-state index in [9.17, 15) is 0 Å². The molecule has 0 aliphatic carbocycles. The molecule has 132 valence electrons. The Bertz CT molecular complexity index is 830. The number of aromatic nitrogens is 3. The maximum absolute atomic E-state index is 9.11. The topological polar surface area (TPSA) is 90.3 Å². The first kappa shape index (κ1) is 17.4. The third kappa shape index (κ3) is 3.97. The van der Waals surface area contributed by atoms with Gasteiger partial charge in [0.2, 0.25) is 5.82 Å². The SMILES string of the molecule is CC(C)(C)Cn1c(CN2CCC(=NO)CC2)cc2cnc(C#N)nc21. The summed E-state index contributed by atoms with van der Waals surface area (Å²) in [4.78, 5) is 10.9. The normalized spacial score (nSPS) is 16.2. The van der Waals surface area contributed by atoms with Gasteiger partial charge in [0.15, 0.2) is 0 Å². The van der Waals surface area contributed by atoms with Crippen molar-refractivity contribution in [3.63, 3.8) is 0 Å². The number of fused-ring (bicyclic) bond motifs is 1. The number of nitrogens with zero attached hydrogens (tertiary/aromatic N) is 6. The molecule has 0 amide bonds. The zero-order chi connectivity index (χ0) is 18.0. The molecule has 0 spiro atoms. The van der Waals surface area contributed by atoms with Crippen LogP contribution >= 0.6 is 0 Å². The largest absolute Gasteiger partial charge is 0.411 e. The predicted octanol–water partition coefficient (Wildman–Crippen LogP) is 2.78. The van der Waals surface area contributed by atoms with Gasteiger partial charge in [-0.2, -0.15) is 5.26 Å². The minimum atomic E-state index is 0.0943. The van der Waals surface area contributed by atoms with Gasteiger partial charge in [-0.05, 0) is 11.5 Å². The molecular weight excluding hydrogens is 316 g/mol. The van der Waals surface area contributed by atoms with Gasteiger partial charge in [-0.3, -0.25) is 4.90 Å². The summed E-state index contributed by atoms with van der Waals surface area (Å²) in [6.07, 6.45) is 3.33. The van der Waals surface area contributed by atoms with E-state index in [-0.39, 0.29) is 11.2 Å². The van der Waals surface area contributed by atoms with E-state index in [2.05, 4.69) is 51.4 Å². The fraction of sp³-hybridized carbons (Fsp3) is 0.556. The van der Waals surface area contributed by atoms with Crippen molar-refractivity contribution in [1.29, 1.82) is 5.26 Å². The van der Waals surface area contributed by atoms with E-state index < -0.39 is 0 Å². The highest BCUT2D eigenvalue weighted by atomic mass is 16.4. The van der Waals surface area contributed by atoms with E-state index in [1.165, 1.54) is 5.69 Å². The van der Waals surface area contributed by atoms with Crippen LogP contribution in [0.15, 0.2) is 17.4 Å². The van der Waals surface area contributed by atoms with Crippen LogP contribution in [0.3, 0.4) is 0 Å². The number of nitriles is 1. The molecule has 7 nitrogen and oxygen atoms in total. The highest BCUT2D eigenvalue weighted by Gasteiger charge is 2.21. The zero-order valence-electron chi connectivity index (χ0n) is 15.0. The zero-order valence-corrected chi connectivity index (χ0v) is 15.0. The van der Waals surface area contributed by atoms with Gasteiger partial charge in [-0.1, -0.05) is 25.9 Å². The van der Waals surface area contributed by atoms with E-state index in [0.29, 0.717) is 0 Å². The lowest BCUT2D eigenvalue weighted by Gasteiger charge is -2.28. The molecule has 0 radical (unpaired) electrons. The van der Waals surface area contributed by atoms with Crippen LogP contribution < -0.4 is 0 Å². The Morgan fingerprint density at radius 2 is 2.04 bits per heavy atom. The monoisotopic (exact) mass is 340 g/mol. The van der Waals surface area contributed by atoms with Crippen LogP contribution in [0.5, 0.6) is 0 Å². The van der Waals surface area contributed by atoms with E-state index in [0.717, 1.165) is 55.8 Å². The summed E-state index contributed by atoms with van der Waals surface area (Å²) in [5.74, 6) is 0.203. The quantitative estimate of drug-likeness (QED) is 0.685. The molecule has 2 aromatic heterocycles. The van der Waals surface area contributed by atoms with Crippen LogP contribution in [-0.4, -0.2) is 43.4 Å². The second-order valence-electron chi connectivity index (χ2n) is 7.81. The molecule has 0 unspecified atom stereocenters. The second kappa shape index (κ2) is 6.81. The van der Waals surface area contributed by atoms with E-state index in [1.807, 2.05) is 6.07 Å². The molecule has 0 saturated carbocycles. The van der Waals surface area contributed by atoms with Gasteiger partial charge >= 0.3 is 0 Å². The number of rotatable bonds is 3. The Morgan fingerprint density at radius 1 is 1.32 bits per heavy atom. The Kier molecular flexibility index (Phi) is 4.73. The van der Waals surface area contributed by atoms with Gasteiger partial charge in [-0.15, -0.1) is 0 Å². The van der Waals surface area contributed by atoms with Crippen molar-refractivity contribution in [2.45, 2.75) is 46.7 Å². The predicted molar refractivity (Wildman–Crippen MR) is 95.4 cm³/mol. The van der Waals surface area contributed by atoms with Gasteiger partial charge in [0, 0.05) is 56.3 Å². The third-order valence-electron chi connectivity index (χ3n) is 4.41. The van der Waals surface area contributed by atoms with Crippen molar-refractivity contribution in [3.05, 3.63) is 23.8 Å². The molecule has 0 bridgehead atoms. The van der Waals surface area contributed by atoms with Gasteiger partial charge < -0.3 is 9.77 Å². The molecule has 3 rings (SSSR count). The maximum atomic E-state index is 9.11. The first-order valence-corrected chi connectivity index (χ1v) is 8.57. The second-order valence-corrected chi connectivity index (χ2v) is 7.81. The average molecular weight is 340 g/mol. The molecule has 0 atom stereocenters. The minimum absolute atomic E-state index is 0.0943. The number of hydrogen-bond donors (Lipinski definition) is 1. The Balaban J connectivity index is 1.93. The van der Waals surface area contributed by atoms with Crippen LogP contribution in [0.1, 0.15) is 45.1 Å². The standard InChI is InChI=1S/C18H24N6O/c1-18(2,3)12-24-15(11-23-6-4-14(22-25)5-7-23)8-13-10-20-16(9-19)21-17(13)24/h8,10,25H,4-7,11-12H2,1-3H3. The van der Waals surface area contributed by atoms with E-state index >= 15 is 0 Å². The van der Waals surface area contributed by atoms with Crippen molar-refractivity contribution in [1.82, 2.24) is 19.4 Å². The fourth-order valence-corrected chi connectivity index (χ4v) is 3.23. The average Bonchev–Trinajstić information content (AvgIpc) is 2.90. The maximum Gasteiger partial charge on any atom is 0.234 e. The van der Waals surface area contributed by atoms with Crippen molar-refractivity contribution in [2.75, 3.05) is 13.1 Å². The van der Waals surface area contributed by atoms with Crippen LogP contribution in [-0.2, 0) is 13.1 Å². The summed E-state index contributed by atoms with van der Waals surface area (Å²) in [5, 5.41) is 22.3. The Morgan fingerprint density at radius 3 is 2.64 bits per heavy atom. The van der Waals surface area contributed by atoms with Crippen molar-refractivity contribution in [3.8, 4) is 6.07 Å². The van der Waals surface area contributed by atoms with Gasteiger partial charge in [-0.25, -0.2) is 9.97 Å². The molecule has 0 aromatic carbocycles. The van der Waals surface area contributed by atoms with Gasteiger partial charge in [0.1, 0.15) is 11.7 Å². The lowest BCUT2D eigenvalue weighted by molar-refractivity contribution is 0.246. The molecule has 1 fully saturated rings. The molecule has 1 saturated heterocycles. The fourth-order valence-electron chi connectivity index (χ4n) is 3.23. The van der Waals surface area contributed by atoms with Crippen LogP contribution in [0.2, 0.25) is 0 Å². The number of hydrogen-bond acceptors (Lipinski definition) is 6. The van der Waals surface area contributed by atoms with E-state index in [1.54, 1.807) is 6.20 Å². The van der Waals surface area contributed by atoms with Crippen molar-refractivity contribution < 1.29 is 5.21 Å². The molecule has 1 N–H and O–H groups in total. The highest BCUT2D eigenvalue weighted by Crippen LogP contribution is 2.25. The summed E-state index contributed by atoms with van der Waals surface area (Å²) in [5.41, 5.74) is 2.97. The van der Waals surface area contributed by atoms with Gasteiger partial charge in [0.25, 0.3) is 0 Å². The molecule has 25 heavy (non-hydrogen) atoms. The third-order valence-corrected chi connectivity index (χ3v) is 4.41. The summed E-state index contributed by atoms with van der Waals surface area (Å²) in [6.45, 7) is 9.98. The smallest absolute Gasteiger partial charge is 0.234 e.